The van der Waals surface area contributed by atoms with Crippen LogP contribution in [-0.4, -0.2) is 51.1 Å². The van der Waals surface area contributed by atoms with E-state index < -0.39 is 0 Å². The Morgan fingerprint density at radius 2 is 1.85 bits per heavy atom. The Hall–Kier alpha value is -1.60. The summed E-state index contributed by atoms with van der Waals surface area (Å²) in [7, 11) is 1.74. The van der Waals surface area contributed by atoms with E-state index in [-0.39, 0.29) is 0 Å². The molecule has 0 radical (unpaired) electrons. The fourth-order valence-electron chi connectivity index (χ4n) is 2.51. The summed E-state index contributed by atoms with van der Waals surface area (Å²) in [5.74, 6) is 2.00. The molecular weight excluding hydrogens is 332 g/mol. The maximum absolute atomic E-state index is 5.53. The molecule has 150 valence electrons. The Balaban J connectivity index is 2.15. The van der Waals surface area contributed by atoms with Gasteiger partial charge in [-0.3, -0.25) is 4.99 Å². The van der Waals surface area contributed by atoms with Gasteiger partial charge in [0.2, 0.25) is 0 Å². The van der Waals surface area contributed by atoms with Crippen LogP contribution in [0.1, 0.15) is 63.8 Å². The Labute approximate surface area is 157 Å². The number of ether oxygens (including phenoxy) is 2. The third-order valence-corrected chi connectivity index (χ3v) is 4.19. The van der Waals surface area contributed by atoms with Crippen LogP contribution in [0.4, 0.5) is 0 Å². The smallest absolute Gasteiger partial charge is 0.191 e. The summed E-state index contributed by atoms with van der Waals surface area (Å²) in [5, 5.41) is 10.6. The third kappa shape index (κ3) is 9.20. The van der Waals surface area contributed by atoms with E-state index >= 15 is 0 Å². The zero-order chi connectivity index (χ0) is 19.0. The molecule has 0 fully saturated rings. The summed E-state index contributed by atoms with van der Waals surface area (Å²) in [5.41, 5.74) is 1.03. The number of rotatable bonds is 14. The summed E-state index contributed by atoms with van der Waals surface area (Å²) in [6, 6.07) is 2.03. The second kappa shape index (κ2) is 14.6. The molecule has 0 amide bonds. The van der Waals surface area contributed by atoms with E-state index in [0.29, 0.717) is 44.8 Å². The number of aromatic nitrogens is 1. The van der Waals surface area contributed by atoms with E-state index in [1.807, 2.05) is 6.07 Å². The Bertz CT molecular complexity index is 487. The molecule has 1 aromatic rings. The van der Waals surface area contributed by atoms with Gasteiger partial charge in [0.25, 0.3) is 0 Å². The summed E-state index contributed by atoms with van der Waals surface area (Å²) in [6.07, 6.45) is 4.41. The Morgan fingerprint density at radius 3 is 2.50 bits per heavy atom. The highest BCUT2D eigenvalue weighted by Crippen LogP contribution is 2.22. The lowest BCUT2D eigenvalue weighted by Gasteiger charge is -2.11. The summed E-state index contributed by atoms with van der Waals surface area (Å²) < 4.78 is 16.4. The molecule has 1 rings (SSSR count). The quantitative estimate of drug-likeness (QED) is 0.298. The molecule has 0 bridgehead atoms. The van der Waals surface area contributed by atoms with Gasteiger partial charge in [-0.25, -0.2) is 0 Å². The van der Waals surface area contributed by atoms with Gasteiger partial charge in [-0.15, -0.1) is 0 Å². The van der Waals surface area contributed by atoms with E-state index in [1.165, 1.54) is 0 Å². The number of unbranched alkanes of at least 4 members (excludes halogenated alkanes) is 1. The van der Waals surface area contributed by atoms with E-state index in [4.69, 9.17) is 14.0 Å². The van der Waals surface area contributed by atoms with Gasteiger partial charge in [0.15, 0.2) is 11.7 Å². The van der Waals surface area contributed by atoms with Gasteiger partial charge in [-0.2, -0.15) is 0 Å². The minimum atomic E-state index is 0.466. The number of nitrogens with zero attached hydrogens (tertiary/aromatic N) is 2. The molecule has 0 aliphatic carbocycles. The lowest BCUT2D eigenvalue weighted by Crippen LogP contribution is -2.38. The van der Waals surface area contributed by atoms with Crippen molar-refractivity contribution in [2.45, 2.75) is 58.9 Å². The number of guanidine groups is 1. The van der Waals surface area contributed by atoms with Crippen LogP contribution < -0.4 is 10.6 Å². The van der Waals surface area contributed by atoms with Crippen molar-refractivity contribution in [1.29, 1.82) is 0 Å². The van der Waals surface area contributed by atoms with Crippen molar-refractivity contribution in [3.05, 3.63) is 17.5 Å². The van der Waals surface area contributed by atoms with Gasteiger partial charge in [-0.1, -0.05) is 32.3 Å². The first-order valence-electron chi connectivity index (χ1n) is 9.80. The first-order chi connectivity index (χ1) is 12.7. The standard InChI is InChI=1S/C19H36N4O3/c1-5-8-10-24-12-13-25-11-9-21-19(20-4)22-15-17-14-18(23-26-17)16(6-2)7-3/h14,16H,5-13,15H2,1-4H3,(H2,20,21,22). The van der Waals surface area contributed by atoms with Gasteiger partial charge < -0.3 is 24.6 Å². The molecule has 0 atom stereocenters. The Morgan fingerprint density at radius 1 is 1.12 bits per heavy atom. The minimum Gasteiger partial charge on any atom is -0.379 e. The molecule has 2 N–H and O–H groups in total. The third-order valence-electron chi connectivity index (χ3n) is 4.19. The monoisotopic (exact) mass is 368 g/mol. The molecule has 0 saturated heterocycles. The first-order valence-corrected chi connectivity index (χ1v) is 9.80. The van der Waals surface area contributed by atoms with Crippen LogP contribution in [0.25, 0.3) is 0 Å². The zero-order valence-corrected chi connectivity index (χ0v) is 16.8. The highest BCUT2D eigenvalue weighted by atomic mass is 16.5. The number of hydrogen-bond donors (Lipinski definition) is 2. The topological polar surface area (TPSA) is 80.9 Å². The van der Waals surface area contributed by atoms with Crippen LogP contribution in [0.15, 0.2) is 15.6 Å². The molecule has 0 saturated carbocycles. The molecular formula is C19H36N4O3. The normalized spacial score (nSPS) is 12.0. The lowest BCUT2D eigenvalue weighted by atomic mass is 9.99. The Kier molecular flexibility index (Phi) is 12.6. The first kappa shape index (κ1) is 22.4. The summed E-state index contributed by atoms with van der Waals surface area (Å²) in [6.45, 7) is 10.4. The SMILES string of the molecule is CCCCOCCOCCNC(=NC)NCc1cc(C(CC)CC)no1. The van der Waals surface area contributed by atoms with E-state index in [9.17, 15) is 0 Å². The fourth-order valence-corrected chi connectivity index (χ4v) is 2.51. The summed E-state index contributed by atoms with van der Waals surface area (Å²) in [4.78, 5) is 4.20. The van der Waals surface area contributed by atoms with Gasteiger partial charge >= 0.3 is 0 Å². The fraction of sp³-hybridized carbons (Fsp3) is 0.789. The number of nitrogens with one attached hydrogen (secondary N) is 2. The second-order valence-electron chi connectivity index (χ2n) is 6.16. The highest BCUT2D eigenvalue weighted by Gasteiger charge is 2.13. The van der Waals surface area contributed by atoms with Crippen LogP contribution in [0.5, 0.6) is 0 Å². The van der Waals surface area contributed by atoms with Crippen LogP contribution in [0.3, 0.4) is 0 Å². The molecule has 1 heterocycles. The molecule has 0 aromatic carbocycles. The van der Waals surface area contributed by atoms with E-state index in [2.05, 4.69) is 41.6 Å². The van der Waals surface area contributed by atoms with Crippen molar-refractivity contribution in [2.24, 2.45) is 4.99 Å². The minimum absolute atomic E-state index is 0.466. The molecule has 0 spiro atoms. The van der Waals surface area contributed by atoms with Crippen molar-refractivity contribution in [1.82, 2.24) is 15.8 Å². The second-order valence-corrected chi connectivity index (χ2v) is 6.16. The van der Waals surface area contributed by atoms with Crippen molar-refractivity contribution < 1.29 is 14.0 Å². The predicted octanol–water partition coefficient (Wildman–Crippen LogP) is 3.08. The molecule has 0 unspecified atom stereocenters. The zero-order valence-electron chi connectivity index (χ0n) is 16.8. The largest absolute Gasteiger partial charge is 0.379 e. The van der Waals surface area contributed by atoms with Crippen LogP contribution in [-0.2, 0) is 16.0 Å². The molecule has 0 aliphatic heterocycles. The lowest BCUT2D eigenvalue weighted by molar-refractivity contribution is 0.0487. The number of aliphatic imine (C=N–C) groups is 1. The van der Waals surface area contributed by atoms with Crippen LogP contribution in [0, 0.1) is 0 Å². The molecule has 1 aromatic heterocycles. The van der Waals surface area contributed by atoms with Crippen molar-refractivity contribution >= 4 is 5.96 Å². The molecule has 0 aliphatic rings. The molecule has 7 heteroatoms. The average molecular weight is 369 g/mol. The van der Waals surface area contributed by atoms with Crippen LogP contribution >= 0.6 is 0 Å². The van der Waals surface area contributed by atoms with Crippen molar-refractivity contribution in [3.8, 4) is 0 Å². The van der Waals surface area contributed by atoms with Gasteiger partial charge in [0.05, 0.1) is 32.1 Å². The number of hydrogen-bond acceptors (Lipinski definition) is 5. The highest BCUT2D eigenvalue weighted by molar-refractivity contribution is 5.79. The van der Waals surface area contributed by atoms with E-state index in [1.54, 1.807) is 7.05 Å². The van der Waals surface area contributed by atoms with Crippen molar-refractivity contribution in [3.63, 3.8) is 0 Å². The molecule has 7 nitrogen and oxygen atoms in total. The van der Waals surface area contributed by atoms with Gasteiger partial charge in [-0.05, 0) is 19.3 Å². The maximum atomic E-state index is 5.53. The maximum Gasteiger partial charge on any atom is 0.191 e. The van der Waals surface area contributed by atoms with Gasteiger partial charge in [0, 0.05) is 32.2 Å². The summed E-state index contributed by atoms with van der Waals surface area (Å²) >= 11 is 0. The average Bonchev–Trinajstić information content (AvgIpc) is 3.12. The van der Waals surface area contributed by atoms with E-state index in [0.717, 1.165) is 43.7 Å². The van der Waals surface area contributed by atoms with Crippen LogP contribution in [0.2, 0.25) is 0 Å². The molecule has 26 heavy (non-hydrogen) atoms. The predicted molar refractivity (Wildman–Crippen MR) is 105 cm³/mol. The van der Waals surface area contributed by atoms with Gasteiger partial charge in [0.1, 0.15) is 0 Å². The van der Waals surface area contributed by atoms with Crippen molar-refractivity contribution in [2.75, 3.05) is 40.0 Å².